The molecule has 5 rings (SSSR count). The SMILES string of the molecule is CCCCc1c(I)n(C2C(C)CC2C(C)=O)c(=O)n1Cc1ccc(-c2ccccc2-c2nn[nH]n2)nc1. The van der Waals surface area contributed by atoms with Crippen molar-refractivity contribution in [3.63, 3.8) is 0 Å². The average molecular weight is 611 g/mol. The minimum absolute atomic E-state index is 0.0372. The molecule has 3 atom stereocenters. The van der Waals surface area contributed by atoms with Gasteiger partial charge in [-0.2, -0.15) is 5.21 Å². The molecule has 0 amide bonds. The van der Waals surface area contributed by atoms with Crippen LogP contribution in [-0.2, 0) is 17.8 Å². The number of tetrazole rings is 1. The van der Waals surface area contributed by atoms with Crippen molar-refractivity contribution in [2.24, 2.45) is 11.8 Å². The number of halogens is 1. The Kier molecular flexibility index (Phi) is 7.36. The van der Waals surface area contributed by atoms with Gasteiger partial charge in [0.1, 0.15) is 9.48 Å². The standard InChI is InChI=1S/C27H30IN7O2/c1-4-5-10-23-25(28)35(24-16(2)13-21(24)17(3)36)27(37)34(23)15-18-11-12-22(29-14-18)19-8-6-7-9-20(19)26-30-32-33-31-26/h6-9,11-12,14,16,21,24H,4-5,10,13,15H2,1-3H3,(H,30,31,32,33). The second-order valence-corrected chi connectivity index (χ2v) is 10.9. The molecule has 1 N–H and O–H groups in total. The zero-order valence-corrected chi connectivity index (χ0v) is 23.3. The number of nitrogens with zero attached hydrogens (tertiary/aromatic N) is 6. The number of Topliss-reactive ketones (excluding diaryl/α,β-unsaturated/α-hetero) is 1. The highest BCUT2D eigenvalue weighted by Crippen LogP contribution is 2.45. The third-order valence-electron chi connectivity index (χ3n) is 7.38. The van der Waals surface area contributed by atoms with Crippen LogP contribution in [0.25, 0.3) is 22.6 Å². The van der Waals surface area contributed by atoms with E-state index in [0.29, 0.717) is 18.3 Å². The molecular weight excluding hydrogens is 581 g/mol. The smallest absolute Gasteiger partial charge is 0.300 e. The number of H-pyrrole nitrogens is 1. The van der Waals surface area contributed by atoms with Crippen LogP contribution in [0, 0.1) is 15.5 Å². The van der Waals surface area contributed by atoms with E-state index < -0.39 is 0 Å². The lowest BCUT2D eigenvalue weighted by Gasteiger charge is -2.42. The lowest BCUT2D eigenvalue weighted by atomic mass is 9.69. The lowest BCUT2D eigenvalue weighted by molar-refractivity contribution is -0.127. The van der Waals surface area contributed by atoms with Crippen molar-refractivity contribution in [3.05, 3.63) is 68.0 Å². The first kappa shape index (κ1) is 25.5. The molecule has 1 aromatic carbocycles. The van der Waals surface area contributed by atoms with Crippen LogP contribution in [0.2, 0.25) is 0 Å². The molecule has 1 aliphatic rings. The summed E-state index contributed by atoms with van der Waals surface area (Å²) in [6, 6.07) is 11.7. The molecule has 4 aromatic rings. The number of nitrogens with one attached hydrogen (secondary N) is 1. The van der Waals surface area contributed by atoms with Gasteiger partial charge in [0.2, 0.25) is 5.82 Å². The monoisotopic (exact) mass is 611 g/mol. The second kappa shape index (κ2) is 10.7. The van der Waals surface area contributed by atoms with E-state index in [1.807, 2.05) is 51.7 Å². The number of aromatic nitrogens is 7. The highest BCUT2D eigenvalue weighted by Gasteiger charge is 2.44. The average Bonchev–Trinajstić information content (AvgIpc) is 3.50. The number of carbonyl (C=O) groups is 1. The molecule has 3 unspecified atom stereocenters. The first-order chi connectivity index (χ1) is 17.9. The van der Waals surface area contributed by atoms with E-state index in [2.05, 4.69) is 57.1 Å². The van der Waals surface area contributed by atoms with E-state index in [1.165, 1.54) is 0 Å². The fourth-order valence-corrected chi connectivity index (χ4v) is 6.43. The molecule has 0 saturated heterocycles. The number of unbranched alkanes of at least 4 members (excludes halogenated alkanes) is 1. The molecule has 0 aliphatic heterocycles. The maximum atomic E-state index is 13.8. The Hall–Kier alpha value is -3.15. The normalized spacial score (nSPS) is 19.1. The highest BCUT2D eigenvalue weighted by molar-refractivity contribution is 14.1. The summed E-state index contributed by atoms with van der Waals surface area (Å²) in [6.45, 7) is 6.36. The number of aromatic amines is 1. The van der Waals surface area contributed by atoms with Gasteiger partial charge in [-0.1, -0.05) is 50.6 Å². The van der Waals surface area contributed by atoms with Gasteiger partial charge < -0.3 is 0 Å². The van der Waals surface area contributed by atoms with Crippen molar-refractivity contribution in [1.82, 2.24) is 34.7 Å². The van der Waals surface area contributed by atoms with Gasteiger partial charge in [0.25, 0.3) is 0 Å². The summed E-state index contributed by atoms with van der Waals surface area (Å²) < 4.78 is 4.72. The number of carbonyl (C=O) groups excluding carboxylic acids is 1. The third-order valence-corrected chi connectivity index (χ3v) is 8.52. The number of hydrogen-bond acceptors (Lipinski definition) is 6. The molecule has 10 heteroatoms. The summed E-state index contributed by atoms with van der Waals surface area (Å²) in [5, 5.41) is 14.4. The Balaban J connectivity index is 1.48. The Morgan fingerprint density at radius 3 is 2.59 bits per heavy atom. The zero-order chi connectivity index (χ0) is 26.1. The molecule has 37 heavy (non-hydrogen) atoms. The zero-order valence-electron chi connectivity index (χ0n) is 21.2. The van der Waals surface area contributed by atoms with Crippen LogP contribution < -0.4 is 5.69 Å². The topological polar surface area (TPSA) is 111 Å². The Bertz CT molecular complexity index is 1460. The molecular formula is C27H30IN7O2. The van der Waals surface area contributed by atoms with Crippen LogP contribution in [0.5, 0.6) is 0 Å². The van der Waals surface area contributed by atoms with Crippen LogP contribution >= 0.6 is 22.6 Å². The van der Waals surface area contributed by atoms with Gasteiger partial charge in [-0.3, -0.25) is 18.9 Å². The molecule has 0 radical (unpaired) electrons. The summed E-state index contributed by atoms with van der Waals surface area (Å²) >= 11 is 2.30. The predicted octanol–water partition coefficient (Wildman–Crippen LogP) is 4.67. The van der Waals surface area contributed by atoms with Gasteiger partial charge in [-0.15, -0.1) is 10.2 Å². The highest BCUT2D eigenvalue weighted by atomic mass is 127. The van der Waals surface area contributed by atoms with Crippen LogP contribution in [0.4, 0.5) is 0 Å². The molecule has 192 valence electrons. The molecule has 9 nitrogen and oxygen atoms in total. The van der Waals surface area contributed by atoms with Crippen LogP contribution in [0.3, 0.4) is 0 Å². The van der Waals surface area contributed by atoms with Gasteiger partial charge in [-0.05, 0) is 71.5 Å². The molecule has 3 heterocycles. The number of benzene rings is 1. The fraction of sp³-hybridized carbons (Fsp3) is 0.407. The quantitative estimate of drug-likeness (QED) is 0.276. The molecule has 0 spiro atoms. The summed E-state index contributed by atoms with van der Waals surface area (Å²) in [6.07, 6.45) is 5.54. The van der Waals surface area contributed by atoms with E-state index in [-0.39, 0.29) is 23.4 Å². The Morgan fingerprint density at radius 2 is 1.97 bits per heavy atom. The summed E-state index contributed by atoms with van der Waals surface area (Å²) in [4.78, 5) is 30.7. The van der Waals surface area contributed by atoms with Crippen LogP contribution in [0.15, 0.2) is 47.4 Å². The van der Waals surface area contributed by atoms with E-state index >= 15 is 0 Å². The van der Waals surface area contributed by atoms with Crippen molar-refractivity contribution in [2.45, 2.75) is 59.0 Å². The van der Waals surface area contributed by atoms with Gasteiger partial charge in [0.15, 0.2) is 0 Å². The maximum absolute atomic E-state index is 13.8. The van der Waals surface area contributed by atoms with Crippen molar-refractivity contribution in [2.75, 3.05) is 0 Å². The number of pyridine rings is 1. The number of rotatable bonds is 9. The number of imidazole rings is 1. The van der Waals surface area contributed by atoms with E-state index in [4.69, 9.17) is 4.98 Å². The summed E-state index contributed by atoms with van der Waals surface area (Å²) in [5.74, 6) is 0.889. The number of ketones is 1. The Labute approximate surface area is 228 Å². The summed E-state index contributed by atoms with van der Waals surface area (Å²) in [7, 11) is 0. The predicted molar refractivity (Wildman–Crippen MR) is 149 cm³/mol. The van der Waals surface area contributed by atoms with Crippen LogP contribution in [-0.4, -0.2) is 40.5 Å². The van der Waals surface area contributed by atoms with Crippen molar-refractivity contribution < 1.29 is 4.79 Å². The number of hydrogen-bond donors (Lipinski definition) is 1. The minimum atomic E-state index is -0.0867. The minimum Gasteiger partial charge on any atom is -0.300 e. The van der Waals surface area contributed by atoms with Gasteiger partial charge in [0, 0.05) is 23.2 Å². The first-order valence-electron chi connectivity index (χ1n) is 12.7. The lowest BCUT2D eigenvalue weighted by Crippen LogP contribution is -2.45. The summed E-state index contributed by atoms with van der Waals surface area (Å²) in [5.41, 5.74) is 4.49. The third kappa shape index (κ3) is 4.78. The molecule has 0 bridgehead atoms. The van der Waals surface area contributed by atoms with Gasteiger partial charge in [0.05, 0.1) is 24.0 Å². The van der Waals surface area contributed by atoms with E-state index in [9.17, 15) is 9.59 Å². The van der Waals surface area contributed by atoms with Crippen molar-refractivity contribution >= 4 is 28.4 Å². The molecule has 3 aromatic heterocycles. The van der Waals surface area contributed by atoms with Crippen LogP contribution in [0.1, 0.15) is 57.3 Å². The van der Waals surface area contributed by atoms with Crippen molar-refractivity contribution in [1.29, 1.82) is 0 Å². The van der Waals surface area contributed by atoms with Gasteiger partial charge >= 0.3 is 5.69 Å². The largest absolute Gasteiger partial charge is 0.329 e. The maximum Gasteiger partial charge on any atom is 0.329 e. The molecule has 1 saturated carbocycles. The molecule has 1 aliphatic carbocycles. The first-order valence-corrected chi connectivity index (χ1v) is 13.8. The van der Waals surface area contributed by atoms with E-state index in [1.54, 1.807) is 6.92 Å². The van der Waals surface area contributed by atoms with Gasteiger partial charge in [-0.25, -0.2) is 4.79 Å². The Morgan fingerprint density at radius 1 is 1.19 bits per heavy atom. The molecule has 1 fully saturated rings. The van der Waals surface area contributed by atoms with E-state index in [0.717, 1.165) is 57.5 Å². The second-order valence-electron chi connectivity index (χ2n) is 9.83. The van der Waals surface area contributed by atoms with Crippen molar-refractivity contribution in [3.8, 4) is 22.6 Å². The fourth-order valence-electron chi connectivity index (χ4n) is 5.34.